The van der Waals surface area contributed by atoms with Crippen molar-refractivity contribution in [3.05, 3.63) is 35.1 Å². The second kappa shape index (κ2) is 9.13. The van der Waals surface area contributed by atoms with Gasteiger partial charge in [-0.15, -0.1) is 0 Å². The third kappa shape index (κ3) is 4.44. The Morgan fingerprint density at radius 1 is 1.17 bits per heavy atom. The van der Waals surface area contributed by atoms with Crippen molar-refractivity contribution in [1.29, 1.82) is 0 Å². The minimum atomic E-state index is 0. The Bertz CT molecular complexity index is 324. The van der Waals surface area contributed by atoms with Gasteiger partial charge in [0.05, 0.1) is 0 Å². The highest BCUT2D eigenvalue weighted by molar-refractivity contribution is 5.28. The maximum Gasteiger partial charge on any atom is 0.126 e. The average Bonchev–Trinajstić information content (AvgIpc) is 2.88. The van der Waals surface area contributed by atoms with Crippen molar-refractivity contribution in [2.75, 3.05) is 0 Å². The van der Waals surface area contributed by atoms with E-state index in [4.69, 9.17) is 0 Å². The molecule has 1 aliphatic rings. The van der Waals surface area contributed by atoms with Crippen LogP contribution in [-0.4, -0.2) is 0 Å². The van der Waals surface area contributed by atoms with Crippen LogP contribution in [0.5, 0.6) is 0 Å². The van der Waals surface area contributed by atoms with E-state index in [-0.39, 0.29) is 13.2 Å². The van der Waals surface area contributed by atoms with Crippen LogP contribution in [0.3, 0.4) is 0 Å². The molecular formula is C17H29F. The predicted octanol–water partition coefficient (Wildman–Crippen LogP) is 6.10. The first-order valence-corrected chi connectivity index (χ1v) is 7.09. The first-order chi connectivity index (χ1) is 8.31. The van der Waals surface area contributed by atoms with E-state index in [1.165, 1.54) is 31.2 Å². The predicted molar refractivity (Wildman–Crippen MR) is 79.7 cm³/mol. The van der Waals surface area contributed by atoms with E-state index in [2.05, 4.69) is 13.0 Å². The lowest BCUT2D eigenvalue weighted by atomic mass is 9.94. The summed E-state index contributed by atoms with van der Waals surface area (Å²) in [5, 5.41) is 0. The lowest BCUT2D eigenvalue weighted by molar-refractivity contribution is 0.579. The molecule has 0 bridgehead atoms. The Morgan fingerprint density at radius 3 is 2.33 bits per heavy atom. The average molecular weight is 252 g/mol. The summed E-state index contributed by atoms with van der Waals surface area (Å²) in [5.74, 6) is 0.489. The molecule has 2 rings (SSSR count). The minimum absolute atomic E-state index is 0. The van der Waals surface area contributed by atoms with Crippen LogP contribution in [0.2, 0.25) is 0 Å². The number of halogens is 1. The third-order valence-corrected chi connectivity index (χ3v) is 3.39. The molecule has 0 aliphatic heterocycles. The van der Waals surface area contributed by atoms with Crippen LogP contribution in [0.4, 0.5) is 4.39 Å². The molecule has 18 heavy (non-hydrogen) atoms. The molecule has 0 atom stereocenters. The van der Waals surface area contributed by atoms with Crippen molar-refractivity contribution in [2.45, 2.75) is 72.6 Å². The van der Waals surface area contributed by atoms with Crippen LogP contribution in [0.15, 0.2) is 18.2 Å². The number of hydrogen-bond donors (Lipinski definition) is 0. The van der Waals surface area contributed by atoms with E-state index in [1.54, 1.807) is 6.07 Å². The summed E-state index contributed by atoms with van der Waals surface area (Å²) in [6.07, 6.45) is 7.08. The first kappa shape index (κ1) is 17.2. The SMILES string of the molecule is C.CC.CCCc1ccc(F)c(C2CCCC2)c1. The zero-order valence-corrected chi connectivity index (χ0v) is 11.4. The molecule has 1 aliphatic carbocycles. The fourth-order valence-electron chi connectivity index (χ4n) is 2.59. The van der Waals surface area contributed by atoms with Gasteiger partial charge in [-0.3, -0.25) is 0 Å². The molecule has 1 heteroatoms. The van der Waals surface area contributed by atoms with Crippen molar-refractivity contribution in [1.82, 2.24) is 0 Å². The molecule has 1 saturated carbocycles. The zero-order valence-electron chi connectivity index (χ0n) is 11.4. The molecule has 0 unspecified atom stereocenters. The van der Waals surface area contributed by atoms with Crippen molar-refractivity contribution < 1.29 is 4.39 Å². The molecule has 0 saturated heterocycles. The molecule has 0 radical (unpaired) electrons. The van der Waals surface area contributed by atoms with Crippen LogP contribution in [-0.2, 0) is 6.42 Å². The highest BCUT2D eigenvalue weighted by Crippen LogP contribution is 2.35. The summed E-state index contributed by atoms with van der Waals surface area (Å²) in [4.78, 5) is 0. The molecule has 0 aromatic heterocycles. The molecule has 0 nitrogen and oxygen atoms in total. The van der Waals surface area contributed by atoms with Crippen LogP contribution in [0.1, 0.15) is 77.3 Å². The monoisotopic (exact) mass is 252 g/mol. The molecule has 1 aromatic carbocycles. The van der Waals surface area contributed by atoms with Gasteiger partial charge in [-0.1, -0.05) is 59.6 Å². The molecule has 1 aromatic rings. The van der Waals surface area contributed by atoms with Gasteiger partial charge in [-0.25, -0.2) is 4.39 Å². The third-order valence-electron chi connectivity index (χ3n) is 3.39. The van der Waals surface area contributed by atoms with Gasteiger partial charge in [0.1, 0.15) is 5.82 Å². The molecule has 0 heterocycles. The Labute approximate surface area is 113 Å². The van der Waals surface area contributed by atoms with E-state index >= 15 is 0 Å². The highest BCUT2D eigenvalue weighted by Gasteiger charge is 2.20. The van der Waals surface area contributed by atoms with Crippen LogP contribution >= 0.6 is 0 Å². The van der Waals surface area contributed by atoms with Gasteiger partial charge >= 0.3 is 0 Å². The van der Waals surface area contributed by atoms with E-state index < -0.39 is 0 Å². The summed E-state index contributed by atoms with van der Waals surface area (Å²) in [7, 11) is 0. The summed E-state index contributed by atoms with van der Waals surface area (Å²) < 4.78 is 13.7. The lowest BCUT2D eigenvalue weighted by Crippen LogP contribution is -1.98. The largest absolute Gasteiger partial charge is 0.207 e. The molecule has 104 valence electrons. The van der Waals surface area contributed by atoms with Gasteiger partial charge in [0.15, 0.2) is 0 Å². The van der Waals surface area contributed by atoms with E-state index in [9.17, 15) is 4.39 Å². The molecule has 0 spiro atoms. The van der Waals surface area contributed by atoms with Crippen molar-refractivity contribution in [2.24, 2.45) is 0 Å². The molecular weight excluding hydrogens is 223 g/mol. The first-order valence-electron chi connectivity index (χ1n) is 7.09. The van der Waals surface area contributed by atoms with Crippen LogP contribution in [0.25, 0.3) is 0 Å². The summed E-state index contributed by atoms with van der Waals surface area (Å²) in [6.45, 7) is 6.17. The topological polar surface area (TPSA) is 0 Å². The second-order valence-electron chi connectivity index (χ2n) is 4.59. The van der Waals surface area contributed by atoms with Gasteiger partial charge in [0, 0.05) is 0 Å². The normalized spacial score (nSPS) is 14.7. The summed E-state index contributed by atoms with van der Waals surface area (Å²) in [6, 6.07) is 5.67. The van der Waals surface area contributed by atoms with E-state index in [1.807, 2.05) is 19.9 Å². The van der Waals surface area contributed by atoms with Crippen molar-refractivity contribution >= 4 is 0 Å². The van der Waals surface area contributed by atoms with Crippen LogP contribution in [0, 0.1) is 5.82 Å². The smallest absolute Gasteiger partial charge is 0.126 e. The Hall–Kier alpha value is -0.850. The number of rotatable bonds is 3. The molecule has 1 fully saturated rings. The lowest BCUT2D eigenvalue weighted by Gasteiger charge is -2.12. The number of aryl methyl sites for hydroxylation is 1. The summed E-state index contributed by atoms with van der Waals surface area (Å²) >= 11 is 0. The second-order valence-corrected chi connectivity index (χ2v) is 4.59. The quantitative estimate of drug-likeness (QED) is 0.610. The Morgan fingerprint density at radius 2 is 1.78 bits per heavy atom. The van der Waals surface area contributed by atoms with Crippen molar-refractivity contribution in [3.8, 4) is 0 Å². The van der Waals surface area contributed by atoms with Crippen LogP contribution < -0.4 is 0 Å². The summed E-state index contributed by atoms with van der Waals surface area (Å²) in [5.41, 5.74) is 2.26. The van der Waals surface area contributed by atoms with Gasteiger partial charge < -0.3 is 0 Å². The molecule has 0 N–H and O–H groups in total. The standard InChI is InChI=1S/C14H19F.C2H6.CH4/c1-2-5-11-8-9-14(15)13(10-11)12-6-3-4-7-12;1-2;/h8-10,12H,2-7H2,1H3;1-2H3;1H4. The van der Waals surface area contributed by atoms with Crippen molar-refractivity contribution in [3.63, 3.8) is 0 Å². The number of hydrogen-bond acceptors (Lipinski definition) is 0. The Kier molecular flexibility index (Phi) is 8.70. The Balaban J connectivity index is 0.000000917. The fourth-order valence-corrected chi connectivity index (χ4v) is 2.59. The van der Waals surface area contributed by atoms with Gasteiger partial charge in [0.25, 0.3) is 0 Å². The zero-order chi connectivity index (χ0) is 12.7. The number of benzene rings is 1. The van der Waals surface area contributed by atoms with E-state index in [0.29, 0.717) is 5.92 Å². The minimum Gasteiger partial charge on any atom is -0.207 e. The maximum atomic E-state index is 13.7. The molecule has 0 amide bonds. The van der Waals surface area contributed by atoms with E-state index in [0.717, 1.165) is 18.4 Å². The maximum absolute atomic E-state index is 13.7. The van der Waals surface area contributed by atoms with Gasteiger partial charge in [-0.2, -0.15) is 0 Å². The van der Waals surface area contributed by atoms with Gasteiger partial charge in [-0.05, 0) is 42.4 Å². The van der Waals surface area contributed by atoms with Gasteiger partial charge in [0.2, 0.25) is 0 Å². The fraction of sp³-hybridized carbons (Fsp3) is 0.647. The highest BCUT2D eigenvalue weighted by atomic mass is 19.1.